The fourth-order valence-electron chi connectivity index (χ4n) is 4.91. The molecule has 0 fully saturated rings. The predicted molar refractivity (Wildman–Crippen MR) is 184 cm³/mol. The maximum atomic E-state index is 13.7. The molecule has 0 unspecified atom stereocenters. The smallest absolute Gasteiger partial charge is 0.264 e. The van der Waals surface area contributed by atoms with Crippen LogP contribution in [0.4, 0.5) is 17.1 Å². The van der Waals surface area contributed by atoms with Crippen LogP contribution in [0, 0.1) is 0 Å². The fraction of sp³-hybridized carbons (Fsp3) is 0.0278. The van der Waals surface area contributed by atoms with E-state index in [2.05, 4.69) is 10.0 Å². The van der Waals surface area contributed by atoms with Crippen molar-refractivity contribution < 1.29 is 26.4 Å². The molecule has 6 rings (SSSR count). The lowest BCUT2D eigenvalue weighted by molar-refractivity contribution is -0.114. The van der Waals surface area contributed by atoms with Gasteiger partial charge in [-0.25, -0.2) is 16.8 Å². The number of nitrogens with one attached hydrogen (secondary N) is 2. The van der Waals surface area contributed by atoms with E-state index in [1.807, 2.05) is 48.5 Å². The number of fused-ring (bicyclic) bond motifs is 1. The van der Waals surface area contributed by atoms with E-state index in [-0.39, 0.29) is 15.5 Å². The van der Waals surface area contributed by atoms with Crippen LogP contribution in [0.2, 0.25) is 0 Å². The van der Waals surface area contributed by atoms with E-state index in [4.69, 9.17) is 4.74 Å². The minimum atomic E-state index is -4.14. The molecule has 6 aromatic rings. The van der Waals surface area contributed by atoms with Crippen LogP contribution in [0.3, 0.4) is 0 Å². The van der Waals surface area contributed by atoms with Crippen LogP contribution in [0.25, 0.3) is 10.8 Å². The molecule has 0 aliphatic carbocycles. The van der Waals surface area contributed by atoms with E-state index in [1.54, 1.807) is 66.7 Å². The summed E-state index contributed by atoms with van der Waals surface area (Å²) >= 11 is 0. The summed E-state index contributed by atoms with van der Waals surface area (Å²) in [6.07, 6.45) is 0. The zero-order chi connectivity index (χ0) is 32.9. The number of sulfonamides is 2. The zero-order valence-electron chi connectivity index (χ0n) is 24.9. The molecule has 9 nitrogen and oxygen atoms in total. The van der Waals surface area contributed by atoms with Crippen LogP contribution in [-0.2, 0) is 24.8 Å². The standard InChI is InChI=1S/C36H29N3O6S2/c40-36(37-28-18-24-32(25-19-28)46(41,42)38-35-17-9-11-27-10-7-8-16-34(27)35)26-39(47(43,44)33-14-5-2-6-15-33)29-20-22-31(23-21-29)45-30-12-3-1-4-13-30/h1-25,38H,26H2,(H,37,40). The van der Waals surface area contributed by atoms with Gasteiger partial charge in [-0.2, -0.15) is 0 Å². The number of rotatable bonds is 11. The number of anilines is 3. The lowest BCUT2D eigenvalue weighted by Gasteiger charge is -2.24. The Hall–Kier alpha value is -5.65. The molecule has 6 aromatic carbocycles. The monoisotopic (exact) mass is 663 g/mol. The second-order valence-corrected chi connectivity index (χ2v) is 14.0. The fourth-order valence-corrected chi connectivity index (χ4v) is 7.43. The number of hydrogen-bond acceptors (Lipinski definition) is 6. The molecule has 1 amide bonds. The first-order chi connectivity index (χ1) is 22.7. The Kier molecular flexibility index (Phi) is 8.92. The van der Waals surface area contributed by atoms with Crippen molar-refractivity contribution in [2.45, 2.75) is 9.79 Å². The average Bonchev–Trinajstić information content (AvgIpc) is 3.09. The molecule has 11 heteroatoms. The summed E-state index contributed by atoms with van der Waals surface area (Å²) in [5, 5.41) is 4.33. The van der Waals surface area contributed by atoms with Crippen molar-refractivity contribution in [2.24, 2.45) is 0 Å². The summed E-state index contributed by atoms with van der Waals surface area (Å²) in [6, 6.07) is 41.8. The maximum Gasteiger partial charge on any atom is 0.264 e. The summed E-state index contributed by atoms with van der Waals surface area (Å²) in [5.74, 6) is 0.488. The molecule has 0 aliphatic rings. The first-order valence-corrected chi connectivity index (χ1v) is 17.4. The molecule has 0 aliphatic heterocycles. The Morgan fingerprint density at radius 3 is 1.89 bits per heavy atom. The normalized spacial score (nSPS) is 11.5. The van der Waals surface area contributed by atoms with Gasteiger partial charge in [0.25, 0.3) is 20.0 Å². The van der Waals surface area contributed by atoms with Crippen molar-refractivity contribution in [3.63, 3.8) is 0 Å². The minimum absolute atomic E-state index is 0.00507. The summed E-state index contributed by atoms with van der Waals surface area (Å²) in [5.41, 5.74) is 0.994. The highest BCUT2D eigenvalue weighted by Gasteiger charge is 2.27. The number of nitrogens with zero attached hydrogens (tertiary/aromatic N) is 1. The minimum Gasteiger partial charge on any atom is -0.457 e. The van der Waals surface area contributed by atoms with Gasteiger partial charge in [0.2, 0.25) is 5.91 Å². The van der Waals surface area contributed by atoms with Gasteiger partial charge < -0.3 is 10.1 Å². The second kappa shape index (κ2) is 13.4. The summed E-state index contributed by atoms with van der Waals surface area (Å²) < 4.78 is 63.3. The third-order valence-electron chi connectivity index (χ3n) is 7.20. The van der Waals surface area contributed by atoms with E-state index in [9.17, 15) is 21.6 Å². The highest BCUT2D eigenvalue weighted by Crippen LogP contribution is 2.29. The van der Waals surface area contributed by atoms with Crippen LogP contribution in [0.15, 0.2) is 161 Å². The lowest BCUT2D eigenvalue weighted by atomic mass is 10.1. The van der Waals surface area contributed by atoms with Crippen LogP contribution in [0.5, 0.6) is 11.5 Å². The highest BCUT2D eigenvalue weighted by atomic mass is 32.2. The molecule has 0 heterocycles. The summed E-state index contributed by atoms with van der Waals surface area (Å²) in [4.78, 5) is 13.3. The molecular weight excluding hydrogens is 635 g/mol. The Morgan fingerprint density at radius 2 is 1.19 bits per heavy atom. The Balaban J connectivity index is 1.19. The first kappa shape index (κ1) is 31.3. The molecule has 0 aromatic heterocycles. The van der Waals surface area contributed by atoms with E-state index in [0.717, 1.165) is 15.1 Å². The molecule has 47 heavy (non-hydrogen) atoms. The van der Waals surface area contributed by atoms with Gasteiger partial charge in [-0.3, -0.25) is 13.8 Å². The number of carbonyl (C=O) groups excluding carboxylic acids is 1. The number of para-hydroxylation sites is 1. The molecule has 0 saturated heterocycles. The Labute approximate surface area is 273 Å². The van der Waals surface area contributed by atoms with Gasteiger partial charge in [0.15, 0.2) is 0 Å². The molecular formula is C36H29N3O6S2. The molecule has 0 radical (unpaired) electrons. The van der Waals surface area contributed by atoms with Gasteiger partial charge >= 0.3 is 0 Å². The van der Waals surface area contributed by atoms with E-state index < -0.39 is 32.5 Å². The molecule has 0 bridgehead atoms. The van der Waals surface area contributed by atoms with Gasteiger partial charge in [0.1, 0.15) is 18.0 Å². The molecule has 236 valence electrons. The van der Waals surface area contributed by atoms with Crippen molar-refractivity contribution in [2.75, 3.05) is 20.9 Å². The molecule has 2 N–H and O–H groups in total. The molecule has 0 atom stereocenters. The van der Waals surface area contributed by atoms with Crippen LogP contribution in [-0.4, -0.2) is 29.3 Å². The second-order valence-electron chi connectivity index (χ2n) is 10.4. The molecule has 0 spiro atoms. The largest absolute Gasteiger partial charge is 0.457 e. The zero-order valence-corrected chi connectivity index (χ0v) is 26.5. The number of amides is 1. The predicted octanol–water partition coefficient (Wildman–Crippen LogP) is 7.27. The Bertz CT molecular complexity index is 2220. The van der Waals surface area contributed by atoms with Crippen molar-refractivity contribution in [1.82, 2.24) is 0 Å². The third-order valence-corrected chi connectivity index (χ3v) is 10.4. The quantitative estimate of drug-likeness (QED) is 0.150. The van der Waals surface area contributed by atoms with Crippen LogP contribution >= 0.6 is 0 Å². The summed E-state index contributed by atoms with van der Waals surface area (Å²) in [7, 11) is -8.08. The van der Waals surface area contributed by atoms with Crippen LogP contribution in [0.1, 0.15) is 0 Å². The average molecular weight is 664 g/mol. The van der Waals surface area contributed by atoms with Crippen molar-refractivity contribution >= 4 is 53.8 Å². The van der Waals surface area contributed by atoms with Gasteiger partial charge in [-0.1, -0.05) is 72.8 Å². The van der Waals surface area contributed by atoms with E-state index >= 15 is 0 Å². The van der Waals surface area contributed by atoms with Gasteiger partial charge in [0.05, 0.1) is 21.2 Å². The number of ether oxygens (including phenoxy) is 1. The van der Waals surface area contributed by atoms with Crippen molar-refractivity contribution in [3.8, 4) is 11.5 Å². The number of hydrogen-bond donors (Lipinski definition) is 2. The van der Waals surface area contributed by atoms with Gasteiger partial charge in [-0.15, -0.1) is 0 Å². The van der Waals surface area contributed by atoms with E-state index in [0.29, 0.717) is 22.9 Å². The van der Waals surface area contributed by atoms with Crippen LogP contribution < -0.4 is 19.1 Å². The van der Waals surface area contributed by atoms with E-state index in [1.165, 1.54) is 36.4 Å². The lowest BCUT2D eigenvalue weighted by Crippen LogP contribution is -2.38. The Morgan fingerprint density at radius 1 is 0.596 bits per heavy atom. The van der Waals surface area contributed by atoms with Gasteiger partial charge in [0, 0.05) is 11.1 Å². The van der Waals surface area contributed by atoms with Gasteiger partial charge in [-0.05, 0) is 84.2 Å². The number of benzene rings is 6. The highest BCUT2D eigenvalue weighted by molar-refractivity contribution is 7.93. The van der Waals surface area contributed by atoms with Crippen molar-refractivity contribution in [3.05, 3.63) is 152 Å². The maximum absolute atomic E-state index is 13.7. The van der Waals surface area contributed by atoms with Crippen molar-refractivity contribution in [1.29, 1.82) is 0 Å². The number of carbonyl (C=O) groups is 1. The SMILES string of the molecule is O=C(CN(c1ccc(Oc2ccccc2)cc1)S(=O)(=O)c1ccccc1)Nc1ccc(S(=O)(=O)Nc2cccc3ccccc23)cc1. The summed E-state index contributed by atoms with van der Waals surface area (Å²) in [6.45, 7) is -0.543. The third kappa shape index (κ3) is 7.27. The topological polar surface area (TPSA) is 122 Å². The molecule has 0 saturated carbocycles. The first-order valence-electron chi connectivity index (χ1n) is 14.5.